The van der Waals surface area contributed by atoms with Crippen LogP contribution in [-0.2, 0) is 4.79 Å². The number of methoxy groups -OCH3 is 3. The fourth-order valence-corrected chi connectivity index (χ4v) is 2.89. The van der Waals surface area contributed by atoms with Gasteiger partial charge < -0.3 is 19.9 Å². The van der Waals surface area contributed by atoms with Crippen LogP contribution in [0.15, 0.2) is 47.5 Å². The second kappa shape index (κ2) is 8.26. The summed E-state index contributed by atoms with van der Waals surface area (Å²) in [5.41, 5.74) is 8.30. The molecule has 0 atom stereocenters. The highest BCUT2D eigenvalue weighted by Gasteiger charge is 2.20. The first kappa shape index (κ1) is 19.0. The van der Waals surface area contributed by atoms with Gasteiger partial charge in [0.2, 0.25) is 6.41 Å². The van der Waals surface area contributed by atoms with Crippen LogP contribution < -0.4 is 25.3 Å². The van der Waals surface area contributed by atoms with E-state index in [4.69, 9.17) is 24.9 Å². The summed E-state index contributed by atoms with van der Waals surface area (Å²) in [5.74, 6) is 1.34. The number of nitrogens with one attached hydrogen (secondary N) is 1. The van der Waals surface area contributed by atoms with Crippen molar-refractivity contribution in [1.29, 1.82) is 0 Å². The highest BCUT2D eigenvalue weighted by molar-refractivity contribution is 6.04. The van der Waals surface area contributed by atoms with Gasteiger partial charge in [-0.1, -0.05) is 30.3 Å². The molecule has 0 bridgehead atoms. The SMILES string of the molecule is COc1cc(OC)c2c(N=C(N)NC=O)cc(-c3ccccc3)nc2c1OC. The van der Waals surface area contributed by atoms with Crippen molar-refractivity contribution in [2.45, 2.75) is 0 Å². The van der Waals surface area contributed by atoms with E-state index in [1.54, 1.807) is 12.1 Å². The minimum absolute atomic E-state index is 0.0571. The lowest BCUT2D eigenvalue weighted by Gasteiger charge is -2.16. The number of fused-ring (bicyclic) bond motifs is 1. The first-order valence-corrected chi connectivity index (χ1v) is 8.36. The average molecular weight is 380 g/mol. The zero-order chi connectivity index (χ0) is 20.1. The smallest absolute Gasteiger partial charge is 0.213 e. The monoisotopic (exact) mass is 380 g/mol. The fourth-order valence-electron chi connectivity index (χ4n) is 2.89. The van der Waals surface area contributed by atoms with Crippen molar-refractivity contribution < 1.29 is 19.0 Å². The van der Waals surface area contributed by atoms with E-state index in [0.717, 1.165) is 5.56 Å². The number of rotatable bonds is 6. The van der Waals surface area contributed by atoms with Gasteiger partial charge in [-0.3, -0.25) is 10.1 Å². The number of pyridine rings is 1. The van der Waals surface area contributed by atoms with E-state index in [9.17, 15) is 4.79 Å². The molecule has 0 fully saturated rings. The zero-order valence-corrected chi connectivity index (χ0v) is 15.7. The number of amides is 1. The van der Waals surface area contributed by atoms with Crippen molar-refractivity contribution in [2.75, 3.05) is 21.3 Å². The molecule has 0 aliphatic rings. The lowest BCUT2D eigenvalue weighted by atomic mass is 10.1. The third-order valence-electron chi connectivity index (χ3n) is 4.11. The van der Waals surface area contributed by atoms with Crippen LogP contribution in [0.25, 0.3) is 22.2 Å². The molecule has 28 heavy (non-hydrogen) atoms. The quantitative estimate of drug-likeness (QED) is 0.387. The molecule has 0 saturated heterocycles. The van der Waals surface area contributed by atoms with E-state index in [2.05, 4.69) is 10.3 Å². The highest BCUT2D eigenvalue weighted by Crippen LogP contribution is 2.45. The lowest BCUT2D eigenvalue weighted by molar-refractivity contribution is -0.108. The average Bonchev–Trinajstić information content (AvgIpc) is 2.72. The lowest BCUT2D eigenvalue weighted by Crippen LogP contribution is -2.29. The van der Waals surface area contributed by atoms with E-state index >= 15 is 0 Å². The van der Waals surface area contributed by atoms with Crippen LogP contribution in [0.4, 0.5) is 5.69 Å². The molecule has 0 spiro atoms. The molecule has 3 N–H and O–H groups in total. The Morgan fingerprint density at radius 1 is 1.07 bits per heavy atom. The van der Waals surface area contributed by atoms with Crippen LogP contribution in [0.1, 0.15) is 0 Å². The molecule has 8 heteroatoms. The molecule has 2 aromatic carbocycles. The second-order valence-corrected chi connectivity index (χ2v) is 5.69. The van der Waals surface area contributed by atoms with Crippen LogP contribution in [0, 0.1) is 0 Å². The number of ether oxygens (including phenoxy) is 3. The highest BCUT2D eigenvalue weighted by atomic mass is 16.5. The van der Waals surface area contributed by atoms with E-state index in [1.807, 2.05) is 30.3 Å². The minimum Gasteiger partial charge on any atom is -0.496 e. The number of carbonyl (C=O) groups is 1. The number of benzene rings is 2. The number of aromatic nitrogens is 1. The summed E-state index contributed by atoms with van der Waals surface area (Å²) >= 11 is 0. The third-order valence-corrected chi connectivity index (χ3v) is 4.11. The molecule has 0 aliphatic heterocycles. The zero-order valence-electron chi connectivity index (χ0n) is 15.7. The van der Waals surface area contributed by atoms with Gasteiger partial charge in [-0.2, -0.15) is 0 Å². The summed E-state index contributed by atoms with van der Waals surface area (Å²) in [7, 11) is 4.60. The van der Waals surface area contributed by atoms with E-state index in [1.165, 1.54) is 21.3 Å². The number of nitrogens with two attached hydrogens (primary N) is 1. The van der Waals surface area contributed by atoms with Crippen molar-refractivity contribution in [2.24, 2.45) is 10.7 Å². The Balaban J connectivity index is 2.43. The summed E-state index contributed by atoms with van der Waals surface area (Å²) in [5, 5.41) is 2.92. The minimum atomic E-state index is -0.0571. The Kier molecular flexibility index (Phi) is 5.59. The molecular weight excluding hydrogens is 360 g/mol. The molecule has 0 unspecified atom stereocenters. The van der Waals surface area contributed by atoms with E-state index in [-0.39, 0.29) is 5.96 Å². The molecule has 3 aromatic rings. The van der Waals surface area contributed by atoms with E-state index < -0.39 is 0 Å². The van der Waals surface area contributed by atoms with Gasteiger partial charge in [0.05, 0.1) is 38.1 Å². The third kappa shape index (κ3) is 3.52. The summed E-state index contributed by atoms with van der Waals surface area (Å²) in [6, 6.07) is 13.1. The molecule has 0 aliphatic carbocycles. The summed E-state index contributed by atoms with van der Waals surface area (Å²) < 4.78 is 16.5. The molecule has 1 aromatic heterocycles. The normalized spacial score (nSPS) is 11.2. The maximum Gasteiger partial charge on any atom is 0.213 e. The summed E-state index contributed by atoms with van der Waals surface area (Å²) in [6.07, 6.45) is 0.459. The molecule has 1 amide bonds. The first-order chi connectivity index (χ1) is 13.6. The standard InChI is InChI=1S/C20H20N4O4/c1-26-15-10-16(27-2)19(28-3)18-17(15)14(24-20(21)22-11-25)9-13(23-18)12-7-5-4-6-8-12/h4-11H,1-3H3,(H3,21,22,23,24,25). The largest absolute Gasteiger partial charge is 0.496 e. The number of carbonyl (C=O) groups excluding carboxylic acids is 1. The van der Waals surface area contributed by atoms with Gasteiger partial charge >= 0.3 is 0 Å². The van der Waals surface area contributed by atoms with Crippen LogP contribution in [0.3, 0.4) is 0 Å². The Hall–Kier alpha value is -3.81. The van der Waals surface area contributed by atoms with Gasteiger partial charge in [0.15, 0.2) is 17.5 Å². The van der Waals surface area contributed by atoms with Gasteiger partial charge in [-0.05, 0) is 6.07 Å². The molecule has 1 heterocycles. The second-order valence-electron chi connectivity index (χ2n) is 5.69. The number of hydrogen-bond donors (Lipinski definition) is 2. The van der Waals surface area contributed by atoms with Crippen LogP contribution in [0.5, 0.6) is 17.2 Å². The summed E-state index contributed by atoms with van der Waals surface area (Å²) in [6.45, 7) is 0. The van der Waals surface area contributed by atoms with Gasteiger partial charge in [-0.25, -0.2) is 9.98 Å². The van der Waals surface area contributed by atoms with Gasteiger partial charge in [0.25, 0.3) is 0 Å². The molecule has 8 nitrogen and oxygen atoms in total. The Morgan fingerprint density at radius 2 is 1.79 bits per heavy atom. The maximum absolute atomic E-state index is 10.7. The van der Waals surface area contributed by atoms with Crippen LogP contribution in [-0.4, -0.2) is 38.7 Å². The van der Waals surface area contributed by atoms with Gasteiger partial charge in [0.1, 0.15) is 11.3 Å². The fraction of sp³-hybridized carbons (Fsp3) is 0.150. The number of aliphatic imine (C=N–C) groups is 1. The topological polar surface area (TPSA) is 108 Å². The number of guanidine groups is 1. The van der Waals surface area contributed by atoms with E-state index in [0.29, 0.717) is 45.9 Å². The summed E-state index contributed by atoms with van der Waals surface area (Å²) in [4.78, 5) is 19.8. The Bertz CT molecular complexity index is 1040. The maximum atomic E-state index is 10.7. The number of nitrogens with zero attached hydrogens (tertiary/aromatic N) is 2. The molecule has 0 radical (unpaired) electrons. The predicted octanol–water partition coefficient (Wildman–Crippen LogP) is 2.62. The van der Waals surface area contributed by atoms with Crippen molar-refractivity contribution >= 4 is 29.0 Å². The molecule has 3 rings (SSSR count). The number of hydrogen-bond acceptors (Lipinski definition) is 6. The Morgan fingerprint density at radius 3 is 2.39 bits per heavy atom. The van der Waals surface area contributed by atoms with Crippen LogP contribution in [0.2, 0.25) is 0 Å². The van der Waals surface area contributed by atoms with Crippen molar-refractivity contribution in [3.63, 3.8) is 0 Å². The molecule has 0 saturated carbocycles. The van der Waals surface area contributed by atoms with Crippen molar-refractivity contribution in [1.82, 2.24) is 10.3 Å². The van der Waals surface area contributed by atoms with Gasteiger partial charge in [0, 0.05) is 11.6 Å². The van der Waals surface area contributed by atoms with Crippen LogP contribution >= 0.6 is 0 Å². The van der Waals surface area contributed by atoms with Gasteiger partial charge in [-0.15, -0.1) is 0 Å². The predicted molar refractivity (Wildman–Crippen MR) is 107 cm³/mol. The molecular formula is C20H20N4O4. The molecule has 144 valence electrons. The Labute approximate surface area is 162 Å². The first-order valence-electron chi connectivity index (χ1n) is 8.36. The van der Waals surface area contributed by atoms with Crippen molar-refractivity contribution in [3.05, 3.63) is 42.5 Å². The van der Waals surface area contributed by atoms with Crippen molar-refractivity contribution in [3.8, 4) is 28.5 Å².